The van der Waals surface area contributed by atoms with E-state index < -0.39 is 6.10 Å². The highest BCUT2D eigenvalue weighted by molar-refractivity contribution is 5.81. The van der Waals surface area contributed by atoms with Crippen LogP contribution in [-0.4, -0.2) is 28.1 Å². The van der Waals surface area contributed by atoms with E-state index in [9.17, 15) is 4.79 Å². The highest BCUT2D eigenvalue weighted by atomic mass is 16.5. The second-order valence-electron chi connectivity index (χ2n) is 4.71. The average molecular weight is 275 g/mol. The fourth-order valence-corrected chi connectivity index (χ4v) is 2.27. The summed E-state index contributed by atoms with van der Waals surface area (Å²) in [7, 11) is 0. The van der Waals surface area contributed by atoms with Crippen LogP contribution in [-0.2, 0) is 11.3 Å². The van der Waals surface area contributed by atoms with Crippen LogP contribution in [0.1, 0.15) is 26.6 Å². The Balaban J connectivity index is 2.25. The second-order valence-corrected chi connectivity index (χ2v) is 4.71. The lowest BCUT2D eigenvalue weighted by molar-refractivity contribution is -0.127. The standard InChI is InChI=1S/C15H21N3O2/c1-5-16-15(19)10(3)20-12-7-8-13-14(9-12)18(6-2)11(4)17-13/h7-10H,5-6H2,1-4H3,(H,16,19)/t10-/m1/s1. The summed E-state index contributed by atoms with van der Waals surface area (Å²) in [6.45, 7) is 9.17. The van der Waals surface area contributed by atoms with Gasteiger partial charge in [0.15, 0.2) is 6.10 Å². The average Bonchev–Trinajstić information content (AvgIpc) is 2.73. The van der Waals surface area contributed by atoms with Crippen LogP contribution in [0.4, 0.5) is 0 Å². The number of hydrogen-bond acceptors (Lipinski definition) is 3. The third kappa shape index (κ3) is 2.76. The number of nitrogens with one attached hydrogen (secondary N) is 1. The van der Waals surface area contributed by atoms with E-state index in [0.29, 0.717) is 12.3 Å². The smallest absolute Gasteiger partial charge is 0.260 e. The van der Waals surface area contributed by atoms with E-state index >= 15 is 0 Å². The van der Waals surface area contributed by atoms with E-state index in [-0.39, 0.29) is 5.91 Å². The summed E-state index contributed by atoms with van der Waals surface area (Å²) in [6, 6.07) is 5.72. The minimum Gasteiger partial charge on any atom is -0.481 e. The molecule has 0 radical (unpaired) electrons. The lowest BCUT2D eigenvalue weighted by atomic mass is 10.3. The lowest BCUT2D eigenvalue weighted by Crippen LogP contribution is -2.36. The number of nitrogens with zero attached hydrogens (tertiary/aromatic N) is 2. The molecule has 1 heterocycles. The number of aryl methyl sites for hydroxylation is 2. The summed E-state index contributed by atoms with van der Waals surface area (Å²) in [5.41, 5.74) is 1.98. The van der Waals surface area contributed by atoms with Gasteiger partial charge in [-0.3, -0.25) is 4.79 Å². The molecule has 2 aromatic rings. The first-order valence-electron chi connectivity index (χ1n) is 6.98. The number of imidazole rings is 1. The van der Waals surface area contributed by atoms with Crippen LogP contribution in [0.3, 0.4) is 0 Å². The van der Waals surface area contributed by atoms with Crippen LogP contribution < -0.4 is 10.1 Å². The first-order valence-corrected chi connectivity index (χ1v) is 6.98. The molecular formula is C15H21N3O2. The molecule has 20 heavy (non-hydrogen) atoms. The van der Waals surface area contributed by atoms with Gasteiger partial charge in [-0.05, 0) is 39.8 Å². The van der Waals surface area contributed by atoms with Crippen LogP contribution in [0.5, 0.6) is 5.75 Å². The van der Waals surface area contributed by atoms with Gasteiger partial charge in [-0.25, -0.2) is 4.98 Å². The Labute approximate surface area is 118 Å². The number of rotatable bonds is 5. The molecule has 0 aliphatic rings. The molecule has 5 heteroatoms. The maximum absolute atomic E-state index is 11.7. The molecule has 1 atom stereocenters. The Morgan fingerprint density at radius 1 is 1.45 bits per heavy atom. The van der Waals surface area contributed by atoms with E-state index in [1.54, 1.807) is 6.92 Å². The summed E-state index contributed by atoms with van der Waals surface area (Å²) in [6.07, 6.45) is -0.508. The quantitative estimate of drug-likeness (QED) is 0.910. The topological polar surface area (TPSA) is 56.1 Å². The number of carbonyl (C=O) groups is 1. The minimum atomic E-state index is -0.508. The van der Waals surface area contributed by atoms with Crippen molar-refractivity contribution in [2.24, 2.45) is 0 Å². The first-order chi connectivity index (χ1) is 9.56. The fourth-order valence-electron chi connectivity index (χ4n) is 2.27. The van der Waals surface area contributed by atoms with Gasteiger partial charge < -0.3 is 14.6 Å². The van der Waals surface area contributed by atoms with Crippen molar-refractivity contribution in [3.05, 3.63) is 24.0 Å². The zero-order valence-electron chi connectivity index (χ0n) is 12.4. The molecule has 0 unspecified atom stereocenters. The number of likely N-dealkylation sites (N-methyl/N-ethyl adjacent to an activating group) is 1. The molecule has 0 aliphatic heterocycles. The molecule has 0 bridgehead atoms. The van der Waals surface area contributed by atoms with E-state index in [2.05, 4.69) is 21.8 Å². The molecule has 1 aromatic heterocycles. The van der Waals surface area contributed by atoms with E-state index in [1.165, 1.54) is 0 Å². The van der Waals surface area contributed by atoms with Gasteiger partial charge in [0.25, 0.3) is 5.91 Å². The van der Waals surface area contributed by atoms with Crippen LogP contribution in [0.25, 0.3) is 11.0 Å². The number of aromatic nitrogens is 2. The van der Waals surface area contributed by atoms with Crippen LogP contribution in [0.15, 0.2) is 18.2 Å². The number of amides is 1. The van der Waals surface area contributed by atoms with Crippen molar-refractivity contribution >= 4 is 16.9 Å². The van der Waals surface area contributed by atoms with Gasteiger partial charge in [-0.1, -0.05) is 0 Å². The molecular weight excluding hydrogens is 254 g/mol. The maximum Gasteiger partial charge on any atom is 0.260 e. The van der Waals surface area contributed by atoms with Crippen LogP contribution >= 0.6 is 0 Å². The normalized spacial score (nSPS) is 12.4. The summed E-state index contributed by atoms with van der Waals surface area (Å²) in [5.74, 6) is 1.56. The minimum absolute atomic E-state index is 0.104. The largest absolute Gasteiger partial charge is 0.481 e. The van der Waals surface area contributed by atoms with Crippen molar-refractivity contribution in [1.29, 1.82) is 0 Å². The highest BCUT2D eigenvalue weighted by Gasteiger charge is 2.14. The molecule has 0 saturated carbocycles. The number of benzene rings is 1. The number of ether oxygens (including phenoxy) is 1. The molecule has 1 aromatic carbocycles. The molecule has 0 spiro atoms. The van der Waals surface area contributed by atoms with Crippen LogP contribution in [0, 0.1) is 6.92 Å². The first kappa shape index (κ1) is 14.4. The van der Waals surface area contributed by atoms with Gasteiger partial charge in [0.05, 0.1) is 11.0 Å². The van der Waals surface area contributed by atoms with Gasteiger partial charge in [-0.2, -0.15) is 0 Å². The van der Waals surface area contributed by atoms with E-state index in [0.717, 1.165) is 23.4 Å². The zero-order valence-corrected chi connectivity index (χ0v) is 12.4. The molecule has 0 fully saturated rings. The fraction of sp³-hybridized carbons (Fsp3) is 0.467. The van der Waals surface area contributed by atoms with Crippen molar-refractivity contribution in [3.8, 4) is 5.75 Å². The summed E-state index contributed by atoms with van der Waals surface area (Å²) >= 11 is 0. The van der Waals surface area contributed by atoms with Gasteiger partial charge in [0.1, 0.15) is 11.6 Å². The Hall–Kier alpha value is -2.04. The maximum atomic E-state index is 11.7. The van der Waals surface area contributed by atoms with Crippen molar-refractivity contribution < 1.29 is 9.53 Å². The van der Waals surface area contributed by atoms with Gasteiger partial charge in [-0.15, -0.1) is 0 Å². The summed E-state index contributed by atoms with van der Waals surface area (Å²) in [5, 5.41) is 2.75. The van der Waals surface area contributed by atoms with E-state index in [1.807, 2.05) is 32.0 Å². The summed E-state index contributed by atoms with van der Waals surface area (Å²) in [4.78, 5) is 16.2. The zero-order chi connectivity index (χ0) is 14.7. The van der Waals surface area contributed by atoms with Crippen LogP contribution in [0.2, 0.25) is 0 Å². The Morgan fingerprint density at radius 2 is 2.20 bits per heavy atom. The monoisotopic (exact) mass is 275 g/mol. The molecule has 1 amide bonds. The third-order valence-electron chi connectivity index (χ3n) is 3.26. The molecule has 1 N–H and O–H groups in total. The van der Waals surface area contributed by atoms with Gasteiger partial charge in [0.2, 0.25) is 0 Å². The molecule has 0 aliphatic carbocycles. The van der Waals surface area contributed by atoms with Crippen molar-refractivity contribution in [2.75, 3.05) is 6.54 Å². The van der Waals surface area contributed by atoms with Crippen molar-refractivity contribution in [2.45, 2.75) is 40.3 Å². The Morgan fingerprint density at radius 3 is 2.85 bits per heavy atom. The molecule has 0 saturated heterocycles. The third-order valence-corrected chi connectivity index (χ3v) is 3.26. The van der Waals surface area contributed by atoms with Gasteiger partial charge >= 0.3 is 0 Å². The molecule has 108 valence electrons. The predicted molar refractivity (Wildman–Crippen MR) is 78.9 cm³/mol. The molecule has 5 nitrogen and oxygen atoms in total. The number of hydrogen-bond donors (Lipinski definition) is 1. The van der Waals surface area contributed by atoms with Crippen molar-refractivity contribution in [1.82, 2.24) is 14.9 Å². The number of fused-ring (bicyclic) bond motifs is 1. The Kier molecular flexibility index (Phi) is 4.27. The molecule has 2 rings (SSSR count). The Bertz CT molecular complexity index is 619. The van der Waals surface area contributed by atoms with Gasteiger partial charge in [0, 0.05) is 19.2 Å². The summed E-state index contributed by atoms with van der Waals surface area (Å²) < 4.78 is 7.82. The highest BCUT2D eigenvalue weighted by Crippen LogP contribution is 2.22. The SMILES string of the molecule is CCNC(=O)[C@@H](C)Oc1ccc2nc(C)n(CC)c2c1. The van der Waals surface area contributed by atoms with E-state index in [4.69, 9.17) is 4.74 Å². The second kappa shape index (κ2) is 5.94. The predicted octanol–water partition coefficient (Wildman–Crippen LogP) is 2.27. The van der Waals surface area contributed by atoms with Crippen molar-refractivity contribution in [3.63, 3.8) is 0 Å². The lowest BCUT2D eigenvalue weighted by Gasteiger charge is -2.14. The number of carbonyl (C=O) groups excluding carboxylic acids is 1.